The molecule has 0 aromatic rings. The van der Waals surface area contributed by atoms with Crippen LogP contribution in [-0.2, 0) is 9.59 Å². The highest BCUT2D eigenvalue weighted by atomic mass is 19.3. The van der Waals surface area contributed by atoms with E-state index in [9.17, 15) is 23.5 Å². The molecule has 2 saturated heterocycles. The Balaban J connectivity index is 1.72. The number of aliphatic hydroxyl groups excluding tert-OH is 1. The highest BCUT2D eigenvalue weighted by Gasteiger charge is 2.58. The van der Waals surface area contributed by atoms with E-state index in [1.165, 1.54) is 4.90 Å². The molecule has 3 rings (SSSR count). The van der Waals surface area contributed by atoms with Gasteiger partial charge in [0.2, 0.25) is 11.8 Å². The van der Waals surface area contributed by atoms with Gasteiger partial charge in [-0.2, -0.15) is 0 Å². The van der Waals surface area contributed by atoms with Crippen LogP contribution in [0.4, 0.5) is 8.78 Å². The largest absolute Gasteiger partial charge is 0.393 e. The zero-order valence-electron chi connectivity index (χ0n) is 14.9. The third-order valence-corrected chi connectivity index (χ3v) is 5.71. The first kappa shape index (κ1) is 18.5. The number of halogens is 2. The minimum absolute atomic E-state index is 0.0747. The summed E-state index contributed by atoms with van der Waals surface area (Å²) in [5.74, 6) is -4.03. The fourth-order valence-corrected chi connectivity index (χ4v) is 4.25. The smallest absolute Gasteiger partial charge is 0.266 e. The van der Waals surface area contributed by atoms with Crippen molar-refractivity contribution in [2.45, 2.75) is 37.7 Å². The molecule has 0 aromatic heterocycles. The van der Waals surface area contributed by atoms with Gasteiger partial charge in [0.05, 0.1) is 18.1 Å². The van der Waals surface area contributed by atoms with Gasteiger partial charge in [0.1, 0.15) is 0 Å². The van der Waals surface area contributed by atoms with E-state index in [4.69, 9.17) is 0 Å². The Bertz CT molecular complexity index is 551. The summed E-state index contributed by atoms with van der Waals surface area (Å²) < 4.78 is 28.7. The lowest BCUT2D eigenvalue weighted by atomic mass is 9.75. The Morgan fingerprint density at radius 1 is 1.32 bits per heavy atom. The second-order valence-electron chi connectivity index (χ2n) is 8.17. The lowest BCUT2D eigenvalue weighted by molar-refractivity contribution is -0.168. The quantitative estimate of drug-likeness (QED) is 0.790. The predicted molar refractivity (Wildman–Crippen MR) is 87.1 cm³/mol. The molecule has 0 aromatic carbocycles. The van der Waals surface area contributed by atoms with Gasteiger partial charge in [0.25, 0.3) is 5.92 Å². The SMILES string of the molecule is CN(C)CCN1CC[C@@]2(CN(C(=O)C3CC(O)C3)CC(F)(F)C2)C1=O. The average molecular weight is 359 g/mol. The molecule has 0 radical (unpaired) electrons. The number of likely N-dealkylation sites (N-methyl/N-ethyl adjacent to an activating group) is 1. The van der Waals surface area contributed by atoms with Crippen LogP contribution in [0.25, 0.3) is 0 Å². The number of piperidine rings is 1. The van der Waals surface area contributed by atoms with Gasteiger partial charge in [0.15, 0.2) is 0 Å². The van der Waals surface area contributed by atoms with Crippen molar-refractivity contribution in [3.05, 3.63) is 0 Å². The number of carbonyl (C=O) groups is 2. The molecule has 0 bridgehead atoms. The van der Waals surface area contributed by atoms with E-state index in [1.807, 2.05) is 19.0 Å². The minimum Gasteiger partial charge on any atom is -0.393 e. The van der Waals surface area contributed by atoms with E-state index >= 15 is 0 Å². The van der Waals surface area contributed by atoms with E-state index < -0.39 is 30.4 Å². The predicted octanol–water partition coefficient (Wildman–Crippen LogP) is 0.405. The molecule has 1 aliphatic carbocycles. The fourth-order valence-electron chi connectivity index (χ4n) is 4.25. The molecule has 3 fully saturated rings. The monoisotopic (exact) mass is 359 g/mol. The summed E-state index contributed by atoms with van der Waals surface area (Å²) in [6.45, 7) is 1.12. The van der Waals surface area contributed by atoms with Gasteiger partial charge in [-0.25, -0.2) is 8.78 Å². The molecule has 0 unspecified atom stereocenters. The minimum atomic E-state index is -3.05. The Labute approximate surface area is 146 Å². The summed E-state index contributed by atoms with van der Waals surface area (Å²) in [6, 6.07) is 0. The molecule has 2 amide bonds. The van der Waals surface area contributed by atoms with E-state index in [2.05, 4.69) is 0 Å². The lowest BCUT2D eigenvalue weighted by Crippen LogP contribution is -2.59. The van der Waals surface area contributed by atoms with Crippen molar-refractivity contribution in [3.63, 3.8) is 0 Å². The molecule has 1 atom stereocenters. The lowest BCUT2D eigenvalue weighted by Gasteiger charge is -2.45. The third kappa shape index (κ3) is 3.65. The summed E-state index contributed by atoms with van der Waals surface area (Å²) in [4.78, 5) is 30.1. The summed E-state index contributed by atoms with van der Waals surface area (Å²) in [5, 5.41) is 9.37. The molecule has 1 N–H and O–H groups in total. The van der Waals surface area contributed by atoms with Crippen LogP contribution in [0.15, 0.2) is 0 Å². The van der Waals surface area contributed by atoms with Crippen LogP contribution >= 0.6 is 0 Å². The molecule has 3 aliphatic rings. The first-order valence-electron chi connectivity index (χ1n) is 8.91. The van der Waals surface area contributed by atoms with Gasteiger partial charge in [0, 0.05) is 38.5 Å². The van der Waals surface area contributed by atoms with Crippen LogP contribution in [0.2, 0.25) is 0 Å². The molecular formula is C17H27F2N3O3. The van der Waals surface area contributed by atoms with Crippen molar-refractivity contribution in [2.75, 3.05) is 46.8 Å². The molecular weight excluding hydrogens is 332 g/mol. The molecule has 6 nitrogen and oxygen atoms in total. The first-order valence-corrected chi connectivity index (χ1v) is 8.91. The number of carbonyl (C=O) groups excluding carboxylic acids is 2. The van der Waals surface area contributed by atoms with Crippen molar-refractivity contribution in [2.24, 2.45) is 11.3 Å². The summed E-state index contributed by atoms with van der Waals surface area (Å²) in [6.07, 6.45) is 0.0383. The number of nitrogens with zero attached hydrogens (tertiary/aromatic N) is 3. The van der Waals surface area contributed by atoms with Gasteiger partial charge in [-0.15, -0.1) is 0 Å². The van der Waals surface area contributed by atoms with Crippen LogP contribution in [0, 0.1) is 11.3 Å². The Morgan fingerprint density at radius 3 is 2.60 bits per heavy atom. The maximum absolute atomic E-state index is 14.4. The van der Waals surface area contributed by atoms with Crippen LogP contribution < -0.4 is 0 Å². The zero-order chi connectivity index (χ0) is 18.4. The van der Waals surface area contributed by atoms with Gasteiger partial charge in [-0.1, -0.05) is 0 Å². The first-order chi connectivity index (χ1) is 11.6. The van der Waals surface area contributed by atoms with Crippen LogP contribution in [0.1, 0.15) is 25.7 Å². The number of rotatable bonds is 4. The second-order valence-corrected chi connectivity index (χ2v) is 8.17. The van der Waals surface area contributed by atoms with E-state index in [0.29, 0.717) is 38.9 Å². The highest BCUT2D eigenvalue weighted by molar-refractivity contribution is 5.87. The second kappa shape index (κ2) is 6.46. The van der Waals surface area contributed by atoms with E-state index in [-0.39, 0.29) is 24.3 Å². The Hall–Kier alpha value is -1.28. The number of hydrogen-bond donors (Lipinski definition) is 1. The Kier molecular flexibility index (Phi) is 4.79. The molecule has 25 heavy (non-hydrogen) atoms. The maximum atomic E-state index is 14.4. The summed E-state index contributed by atoms with van der Waals surface area (Å²) in [7, 11) is 3.80. The average Bonchev–Trinajstić information content (AvgIpc) is 2.76. The van der Waals surface area contributed by atoms with Gasteiger partial charge < -0.3 is 19.8 Å². The zero-order valence-corrected chi connectivity index (χ0v) is 14.9. The number of aliphatic hydroxyl groups is 1. The summed E-state index contributed by atoms with van der Waals surface area (Å²) >= 11 is 0. The van der Waals surface area contributed by atoms with Crippen molar-refractivity contribution in [1.29, 1.82) is 0 Å². The third-order valence-electron chi connectivity index (χ3n) is 5.71. The van der Waals surface area contributed by atoms with Gasteiger partial charge in [-0.3, -0.25) is 9.59 Å². The molecule has 2 heterocycles. The molecule has 142 valence electrons. The van der Waals surface area contributed by atoms with Crippen LogP contribution in [-0.4, -0.2) is 90.5 Å². The maximum Gasteiger partial charge on any atom is 0.266 e. The number of amides is 2. The van der Waals surface area contributed by atoms with Gasteiger partial charge in [-0.05, 0) is 33.4 Å². The Morgan fingerprint density at radius 2 is 2.00 bits per heavy atom. The van der Waals surface area contributed by atoms with Crippen LogP contribution in [0.3, 0.4) is 0 Å². The number of likely N-dealkylation sites (tertiary alicyclic amines) is 2. The van der Waals surface area contributed by atoms with Gasteiger partial charge >= 0.3 is 0 Å². The molecule has 1 saturated carbocycles. The van der Waals surface area contributed by atoms with Crippen LogP contribution in [0.5, 0.6) is 0 Å². The fraction of sp³-hybridized carbons (Fsp3) is 0.882. The van der Waals surface area contributed by atoms with E-state index in [0.717, 1.165) is 0 Å². The van der Waals surface area contributed by atoms with Crippen molar-refractivity contribution < 1.29 is 23.5 Å². The summed E-state index contributed by atoms with van der Waals surface area (Å²) in [5.41, 5.74) is -1.16. The highest BCUT2D eigenvalue weighted by Crippen LogP contribution is 2.46. The van der Waals surface area contributed by atoms with E-state index in [1.54, 1.807) is 4.90 Å². The van der Waals surface area contributed by atoms with Crippen molar-refractivity contribution in [1.82, 2.24) is 14.7 Å². The number of alkyl halides is 2. The topological polar surface area (TPSA) is 64.1 Å². The van der Waals surface area contributed by atoms with Crippen molar-refractivity contribution in [3.8, 4) is 0 Å². The molecule has 2 aliphatic heterocycles. The molecule has 8 heteroatoms. The normalized spacial score (nSPS) is 34.7. The number of hydrogen-bond acceptors (Lipinski definition) is 4. The standard InChI is InChI=1S/C17H27F2N3O3/c1-20(2)5-6-21-4-3-16(15(21)25)9-17(18,19)11-22(10-16)14(24)12-7-13(23)8-12/h12-13,23H,3-11H2,1-2H3/t12?,13?,16-/m1/s1. The van der Waals surface area contributed by atoms with Crippen molar-refractivity contribution >= 4 is 11.8 Å². The molecule has 1 spiro atoms.